The molecule has 0 spiro atoms. The second kappa shape index (κ2) is 6.58. The first-order valence-corrected chi connectivity index (χ1v) is 6.72. The van der Waals surface area contributed by atoms with Gasteiger partial charge in [-0.05, 0) is 22.4 Å². The molecule has 1 amide bonds. The number of nitrogens with one attached hydrogen (secondary N) is 1. The van der Waals surface area contributed by atoms with E-state index in [2.05, 4.69) is 40.8 Å². The number of amides is 1. The van der Waals surface area contributed by atoms with E-state index in [1.807, 2.05) is 0 Å². The predicted octanol–water partition coefficient (Wildman–Crippen LogP) is 0.410. The Kier molecular flexibility index (Phi) is 4.30. The van der Waals surface area contributed by atoms with E-state index >= 15 is 0 Å². The molecule has 0 saturated carbocycles. The highest BCUT2D eigenvalue weighted by Gasteiger charge is 2.31. The molecule has 3 aromatic heterocycles. The van der Waals surface area contributed by atoms with Gasteiger partial charge in [-0.15, -0.1) is 5.10 Å². The minimum atomic E-state index is -4.53. The number of nitrogen functional groups attached to an aromatic ring is 1. The van der Waals surface area contributed by atoms with Gasteiger partial charge in [0.2, 0.25) is 11.6 Å². The Labute approximate surface area is 141 Å². The molecule has 0 saturated heterocycles. The zero-order chi connectivity index (χ0) is 18.7. The molecule has 0 bridgehead atoms. The Bertz CT molecular complexity index is 946. The number of anilines is 1. The van der Waals surface area contributed by atoms with Crippen molar-refractivity contribution in [1.29, 1.82) is 0 Å². The Morgan fingerprint density at radius 3 is 2.77 bits per heavy atom. The summed E-state index contributed by atoms with van der Waals surface area (Å²) in [5.41, 5.74) is 6.73. The van der Waals surface area contributed by atoms with Gasteiger partial charge in [-0.25, -0.2) is 10.1 Å². The molecule has 0 radical (unpaired) electrons. The molecule has 14 heteroatoms. The number of alkyl halides is 3. The lowest BCUT2D eigenvalue weighted by atomic mass is 10.2. The Balaban J connectivity index is 1.63. The number of carbonyl (C=O) groups is 1. The van der Waals surface area contributed by atoms with Crippen LogP contribution in [0.25, 0.3) is 5.82 Å². The zero-order valence-electron chi connectivity index (χ0n) is 12.5. The summed E-state index contributed by atoms with van der Waals surface area (Å²) in [6.07, 6.45) is -1.23. The van der Waals surface area contributed by atoms with E-state index in [0.717, 1.165) is 29.2 Å². The van der Waals surface area contributed by atoms with Crippen LogP contribution in [0.15, 0.2) is 34.3 Å². The smallest absolute Gasteiger partial charge is 0.378 e. The van der Waals surface area contributed by atoms with Gasteiger partial charge in [-0.2, -0.15) is 23.0 Å². The molecule has 0 unspecified atom stereocenters. The highest BCUT2D eigenvalue weighted by Crippen LogP contribution is 2.26. The van der Waals surface area contributed by atoms with E-state index in [9.17, 15) is 18.0 Å². The molecule has 0 fully saturated rings. The molecule has 0 aliphatic heterocycles. The van der Waals surface area contributed by atoms with Crippen LogP contribution in [-0.2, 0) is 6.18 Å². The van der Waals surface area contributed by atoms with Gasteiger partial charge in [0, 0.05) is 11.8 Å². The fourth-order valence-corrected chi connectivity index (χ4v) is 1.69. The lowest BCUT2D eigenvalue weighted by Gasteiger charge is -2.04. The molecule has 26 heavy (non-hydrogen) atoms. The van der Waals surface area contributed by atoms with Gasteiger partial charge < -0.3 is 5.73 Å². The minimum absolute atomic E-state index is 0.0466. The second-order valence-electron chi connectivity index (χ2n) is 4.70. The van der Waals surface area contributed by atoms with Gasteiger partial charge in [-0.3, -0.25) is 9.78 Å². The molecule has 3 N–H and O–H groups in total. The van der Waals surface area contributed by atoms with Crippen LogP contribution in [0.3, 0.4) is 0 Å². The van der Waals surface area contributed by atoms with Crippen LogP contribution in [0.1, 0.15) is 21.7 Å². The lowest BCUT2D eigenvalue weighted by Crippen LogP contribution is -2.18. The van der Waals surface area contributed by atoms with Crippen molar-refractivity contribution in [2.45, 2.75) is 6.18 Å². The van der Waals surface area contributed by atoms with Crippen LogP contribution in [-0.4, -0.2) is 42.4 Å². The van der Waals surface area contributed by atoms with Gasteiger partial charge in [0.1, 0.15) is 5.69 Å². The summed E-state index contributed by atoms with van der Waals surface area (Å²) in [5.74, 6) is -0.715. The first-order valence-electron chi connectivity index (χ1n) is 6.72. The minimum Gasteiger partial charge on any atom is -0.378 e. The highest BCUT2D eigenvalue weighted by atomic mass is 19.4. The summed E-state index contributed by atoms with van der Waals surface area (Å²) in [6, 6.07) is 1.95. The van der Waals surface area contributed by atoms with Crippen LogP contribution in [0.4, 0.5) is 19.0 Å². The Morgan fingerprint density at radius 2 is 2.15 bits per heavy atom. The maximum Gasteiger partial charge on any atom is 0.433 e. The van der Waals surface area contributed by atoms with Crippen molar-refractivity contribution in [1.82, 2.24) is 35.7 Å². The van der Waals surface area contributed by atoms with Crippen molar-refractivity contribution in [2.75, 3.05) is 5.73 Å². The quantitative estimate of drug-likeness (QED) is 0.497. The van der Waals surface area contributed by atoms with Gasteiger partial charge in [0.05, 0.1) is 12.4 Å². The maximum absolute atomic E-state index is 12.4. The van der Waals surface area contributed by atoms with Gasteiger partial charge in [0.15, 0.2) is 5.69 Å². The van der Waals surface area contributed by atoms with Crippen LogP contribution in [0, 0.1) is 0 Å². The molecule has 134 valence electrons. The van der Waals surface area contributed by atoms with Crippen LogP contribution >= 0.6 is 0 Å². The number of hydrogen-bond donors (Lipinski definition) is 2. The third-order valence-corrected chi connectivity index (χ3v) is 2.90. The van der Waals surface area contributed by atoms with Gasteiger partial charge in [-0.1, -0.05) is 5.21 Å². The number of pyridine rings is 1. The van der Waals surface area contributed by atoms with Crippen molar-refractivity contribution in [2.24, 2.45) is 5.10 Å². The molecule has 3 rings (SSSR count). The van der Waals surface area contributed by atoms with E-state index in [0.29, 0.717) is 0 Å². The molecular formula is C12H8F3N9O2. The van der Waals surface area contributed by atoms with E-state index < -0.39 is 17.8 Å². The van der Waals surface area contributed by atoms with E-state index in [4.69, 9.17) is 5.73 Å². The molecule has 11 nitrogen and oxygen atoms in total. The number of nitrogens with zero attached hydrogens (tertiary/aromatic N) is 7. The summed E-state index contributed by atoms with van der Waals surface area (Å²) in [4.78, 5) is 15.2. The number of hydrogen-bond acceptors (Lipinski definition) is 9. The van der Waals surface area contributed by atoms with Crippen LogP contribution < -0.4 is 11.2 Å². The number of nitrogens with two attached hydrogens (primary N) is 1. The Morgan fingerprint density at radius 1 is 1.35 bits per heavy atom. The molecule has 0 aliphatic carbocycles. The predicted molar refractivity (Wildman–Crippen MR) is 77.9 cm³/mol. The third kappa shape index (κ3) is 3.63. The average molecular weight is 367 g/mol. The summed E-state index contributed by atoms with van der Waals surface area (Å²) < 4.78 is 42.7. The van der Waals surface area contributed by atoms with Crippen molar-refractivity contribution in [3.63, 3.8) is 0 Å². The van der Waals surface area contributed by atoms with Crippen molar-refractivity contribution in [3.8, 4) is 5.82 Å². The molecule has 0 aliphatic rings. The standard InChI is InChI=1S/C12H8F3N9O2/c13-12(14,15)8-2-1-6(3-17-8)4-18-20-11(25)7-5-24(23-19-7)10-9(16)21-26-22-10/h1-5H,(H2,16,21)(H,20,25)/b18-4+. The normalized spacial score (nSPS) is 11.8. The largest absolute Gasteiger partial charge is 0.433 e. The highest BCUT2D eigenvalue weighted by molar-refractivity contribution is 5.92. The first kappa shape index (κ1) is 17.0. The van der Waals surface area contributed by atoms with Gasteiger partial charge in [0.25, 0.3) is 5.91 Å². The maximum atomic E-state index is 12.4. The Hall–Kier alpha value is -3.84. The molecular weight excluding hydrogens is 359 g/mol. The lowest BCUT2D eigenvalue weighted by molar-refractivity contribution is -0.141. The number of halogens is 3. The number of rotatable bonds is 4. The fourth-order valence-electron chi connectivity index (χ4n) is 1.69. The summed E-state index contributed by atoms with van der Waals surface area (Å²) in [7, 11) is 0. The monoisotopic (exact) mass is 367 g/mol. The van der Waals surface area contributed by atoms with Crippen molar-refractivity contribution < 1.29 is 22.6 Å². The topological polar surface area (TPSA) is 150 Å². The van der Waals surface area contributed by atoms with E-state index in [1.54, 1.807) is 0 Å². The van der Waals surface area contributed by atoms with Crippen LogP contribution in [0.5, 0.6) is 0 Å². The fraction of sp³-hybridized carbons (Fsp3) is 0.0833. The molecule has 3 aromatic rings. The average Bonchev–Trinajstić information content (AvgIpc) is 3.23. The number of aromatic nitrogens is 6. The molecule has 3 heterocycles. The second-order valence-corrected chi connectivity index (χ2v) is 4.70. The summed E-state index contributed by atoms with van der Waals surface area (Å²) in [5, 5.41) is 17.7. The molecule has 0 aromatic carbocycles. The van der Waals surface area contributed by atoms with E-state index in [1.165, 1.54) is 6.20 Å². The summed E-state index contributed by atoms with van der Waals surface area (Å²) in [6.45, 7) is 0. The molecule has 0 atom stereocenters. The van der Waals surface area contributed by atoms with Crippen molar-refractivity contribution >= 4 is 17.9 Å². The summed E-state index contributed by atoms with van der Waals surface area (Å²) >= 11 is 0. The van der Waals surface area contributed by atoms with Crippen molar-refractivity contribution in [3.05, 3.63) is 41.5 Å². The SMILES string of the molecule is Nc1nonc1-n1cc(C(=O)N/N=C/c2ccc(C(F)(F)F)nc2)nn1. The number of hydrazone groups is 1. The van der Waals surface area contributed by atoms with E-state index in [-0.39, 0.29) is 22.9 Å². The zero-order valence-corrected chi connectivity index (χ0v) is 12.5. The van der Waals surface area contributed by atoms with Gasteiger partial charge >= 0.3 is 6.18 Å². The first-order chi connectivity index (χ1) is 12.3. The van der Waals surface area contributed by atoms with Crippen LogP contribution in [0.2, 0.25) is 0 Å². The third-order valence-electron chi connectivity index (χ3n) is 2.90. The number of carbonyl (C=O) groups excluding carboxylic acids is 1.